The number of nitrogens with two attached hydrogens (primary N) is 1. The van der Waals surface area contributed by atoms with Gasteiger partial charge in [0.15, 0.2) is 0 Å². The number of hydrazine groups is 1. The minimum Gasteiger partial charge on any atom is -0.324 e. The molecule has 0 fully saturated rings. The van der Waals surface area contributed by atoms with Gasteiger partial charge < -0.3 is 5.43 Å². The average Bonchev–Trinajstić information content (AvgIpc) is 2.21. The first kappa shape index (κ1) is 10.5. The summed E-state index contributed by atoms with van der Waals surface area (Å²) in [5.41, 5.74) is 3.81. The van der Waals surface area contributed by atoms with E-state index < -0.39 is 0 Å². The van der Waals surface area contributed by atoms with Gasteiger partial charge in [0, 0.05) is 5.69 Å². The number of hydrogen-bond donors (Lipinski definition) is 2. The molecule has 0 bridgehead atoms. The standard InChI is InChI=1S/C7H7N3.C2H6/c8-5-6-2-1-3-7(4-6)10-9;1-2/h1-4,10H,9H2;1-2H3. The SMILES string of the molecule is CC.N#Cc1cccc(NN)c1. The fourth-order valence-corrected chi connectivity index (χ4v) is 0.679. The van der Waals surface area contributed by atoms with E-state index in [1.807, 2.05) is 19.9 Å². The van der Waals surface area contributed by atoms with Crippen LogP contribution in [0.15, 0.2) is 24.3 Å². The van der Waals surface area contributed by atoms with Crippen molar-refractivity contribution in [2.24, 2.45) is 5.84 Å². The van der Waals surface area contributed by atoms with Gasteiger partial charge in [-0.25, -0.2) is 0 Å². The Morgan fingerprint density at radius 2 is 2.08 bits per heavy atom. The molecule has 3 N–H and O–H groups in total. The van der Waals surface area contributed by atoms with Crippen molar-refractivity contribution in [3.63, 3.8) is 0 Å². The highest BCUT2D eigenvalue weighted by Crippen LogP contribution is 2.06. The Morgan fingerprint density at radius 3 is 2.58 bits per heavy atom. The van der Waals surface area contributed by atoms with Crippen molar-refractivity contribution in [3.05, 3.63) is 29.8 Å². The van der Waals surface area contributed by atoms with E-state index in [1.54, 1.807) is 24.3 Å². The van der Waals surface area contributed by atoms with Crippen LogP contribution in [0.3, 0.4) is 0 Å². The smallest absolute Gasteiger partial charge is 0.0992 e. The van der Waals surface area contributed by atoms with E-state index in [-0.39, 0.29) is 0 Å². The third kappa shape index (κ3) is 3.04. The fourth-order valence-electron chi connectivity index (χ4n) is 0.679. The molecule has 0 aliphatic heterocycles. The van der Waals surface area contributed by atoms with Crippen molar-refractivity contribution in [1.29, 1.82) is 5.26 Å². The van der Waals surface area contributed by atoms with Gasteiger partial charge in [-0.3, -0.25) is 5.84 Å². The van der Waals surface area contributed by atoms with Crippen LogP contribution in [0, 0.1) is 11.3 Å². The Labute approximate surface area is 72.8 Å². The number of benzene rings is 1. The lowest BCUT2D eigenvalue weighted by Crippen LogP contribution is -2.06. The topological polar surface area (TPSA) is 61.8 Å². The van der Waals surface area contributed by atoms with Crippen LogP contribution < -0.4 is 11.3 Å². The molecule has 0 radical (unpaired) electrons. The second-order valence-electron chi connectivity index (χ2n) is 1.84. The van der Waals surface area contributed by atoms with Gasteiger partial charge in [0.2, 0.25) is 0 Å². The minimum atomic E-state index is 0.607. The van der Waals surface area contributed by atoms with Gasteiger partial charge >= 0.3 is 0 Å². The molecule has 3 nitrogen and oxygen atoms in total. The summed E-state index contributed by atoms with van der Waals surface area (Å²) in [6.07, 6.45) is 0. The van der Waals surface area contributed by atoms with E-state index in [2.05, 4.69) is 5.43 Å². The molecule has 0 unspecified atom stereocenters. The summed E-state index contributed by atoms with van der Waals surface area (Å²) in [5, 5.41) is 8.44. The van der Waals surface area contributed by atoms with Gasteiger partial charge in [0.1, 0.15) is 0 Å². The molecule has 3 heteroatoms. The number of anilines is 1. The maximum absolute atomic E-state index is 8.44. The highest BCUT2D eigenvalue weighted by molar-refractivity contribution is 5.47. The number of rotatable bonds is 1. The van der Waals surface area contributed by atoms with Crippen LogP contribution in [0.5, 0.6) is 0 Å². The number of hydrogen-bond acceptors (Lipinski definition) is 3. The summed E-state index contributed by atoms with van der Waals surface area (Å²) >= 11 is 0. The molecule has 0 aliphatic rings. The molecule has 1 aromatic carbocycles. The molecule has 0 aliphatic carbocycles. The van der Waals surface area contributed by atoms with Crippen molar-refractivity contribution >= 4 is 5.69 Å². The predicted molar refractivity (Wildman–Crippen MR) is 50.3 cm³/mol. The van der Waals surface area contributed by atoms with Gasteiger partial charge in [0.05, 0.1) is 11.6 Å². The molecule has 0 saturated carbocycles. The first-order chi connectivity index (χ1) is 5.86. The lowest BCUT2D eigenvalue weighted by atomic mass is 10.2. The monoisotopic (exact) mass is 163 g/mol. The van der Waals surface area contributed by atoms with E-state index in [4.69, 9.17) is 11.1 Å². The molecule has 1 rings (SSSR count). The van der Waals surface area contributed by atoms with Crippen LogP contribution in [0.1, 0.15) is 19.4 Å². The van der Waals surface area contributed by atoms with Crippen LogP contribution in [-0.4, -0.2) is 0 Å². The van der Waals surface area contributed by atoms with Gasteiger partial charge in [-0.05, 0) is 18.2 Å². The van der Waals surface area contributed by atoms with Crippen LogP contribution in [0.4, 0.5) is 5.69 Å². The summed E-state index contributed by atoms with van der Waals surface area (Å²) in [6, 6.07) is 8.97. The zero-order valence-corrected chi connectivity index (χ0v) is 7.33. The lowest BCUT2D eigenvalue weighted by Gasteiger charge is -1.96. The Balaban J connectivity index is 0.000000561. The Kier molecular flexibility index (Phi) is 5.41. The van der Waals surface area contributed by atoms with Gasteiger partial charge in [0.25, 0.3) is 0 Å². The number of nitriles is 1. The van der Waals surface area contributed by atoms with Crippen molar-refractivity contribution in [2.45, 2.75) is 13.8 Å². The molecule has 0 saturated heterocycles. The summed E-state index contributed by atoms with van der Waals surface area (Å²) in [4.78, 5) is 0. The molecule has 64 valence electrons. The van der Waals surface area contributed by atoms with Crippen molar-refractivity contribution in [1.82, 2.24) is 0 Å². The van der Waals surface area contributed by atoms with Crippen LogP contribution in [0.25, 0.3) is 0 Å². The van der Waals surface area contributed by atoms with Crippen molar-refractivity contribution in [3.8, 4) is 6.07 Å². The molecular formula is C9H13N3. The van der Waals surface area contributed by atoms with E-state index in [0.29, 0.717) is 5.56 Å². The van der Waals surface area contributed by atoms with Crippen molar-refractivity contribution in [2.75, 3.05) is 5.43 Å². The Hall–Kier alpha value is -1.53. The third-order valence-corrected chi connectivity index (χ3v) is 1.16. The normalized spacial score (nSPS) is 7.50. The van der Waals surface area contributed by atoms with E-state index in [0.717, 1.165) is 5.69 Å². The number of nitrogens with one attached hydrogen (secondary N) is 1. The van der Waals surface area contributed by atoms with Gasteiger partial charge in [-0.15, -0.1) is 0 Å². The first-order valence-corrected chi connectivity index (χ1v) is 3.83. The zero-order chi connectivity index (χ0) is 9.40. The molecule has 0 amide bonds. The predicted octanol–water partition coefficient (Wildman–Crippen LogP) is 1.87. The van der Waals surface area contributed by atoms with Gasteiger partial charge in [-0.2, -0.15) is 5.26 Å². The highest BCUT2D eigenvalue weighted by Gasteiger charge is 1.89. The van der Waals surface area contributed by atoms with Crippen molar-refractivity contribution < 1.29 is 0 Å². The maximum atomic E-state index is 8.44. The van der Waals surface area contributed by atoms with Crippen LogP contribution in [0.2, 0.25) is 0 Å². The Morgan fingerprint density at radius 1 is 1.42 bits per heavy atom. The summed E-state index contributed by atoms with van der Waals surface area (Å²) in [6.45, 7) is 4.00. The Bertz CT molecular complexity index is 263. The van der Waals surface area contributed by atoms with Crippen LogP contribution >= 0.6 is 0 Å². The maximum Gasteiger partial charge on any atom is 0.0992 e. The summed E-state index contributed by atoms with van der Waals surface area (Å²) in [7, 11) is 0. The molecule has 0 aromatic heterocycles. The first-order valence-electron chi connectivity index (χ1n) is 3.83. The summed E-state index contributed by atoms with van der Waals surface area (Å²) in [5.74, 6) is 5.11. The minimum absolute atomic E-state index is 0.607. The summed E-state index contributed by atoms with van der Waals surface area (Å²) < 4.78 is 0. The largest absolute Gasteiger partial charge is 0.324 e. The third-order valence-electron chi connectivity index (χ3n) is 1.16. The molecule has 0 heterocycles. The zero-order valence-electron chi connectivity index (χ0n) is 7.33. The second kappa shape index (κ2) is 6.20. The lowest BCUT2D eigenvalue weighted by molar-refractivity contribution is 1.34. The highest BCUT2D eigenvalue weighted by atomic mass is 15.2. The molecule has 1 aromatic rings. The van der Waals surface area contributed by atoms with E-state index >= 15 is 0 Å². The molecule has 12 heavy (non-hydrogen) atoms. The van der Waals surface area contributed by atoms with Crippen LogP contribution in [-0.2, 0) is 0 Å². The second-order valence-corrected chi connectivity index (χ2v) is 1.84. The van der Waals surface area contributed by atoms with E-state index in [1.165, 1.54) is 0 Å². The quantitative estimate of drug-likeness (QED) is 0.490. The fraction of sp³-hybridized carbons (Fsp3) is 0.222. The number of nitrogen functional groups attached to an aromatic ring is 1. The molecule has 0 spiro atoms. The van der Waals surface area contributed by atoms with Gasteiger partial charge in [-0.1, -0.05) is 19.9 Å². The molecule has 0 atom stereocenters. The average molecular weight is 163 g/mol. The number of nitrogens with zero attached hydrogens (tertiary/aromatic N) is 1. The molecular weight excluding hydrogens is 150 g/mol. The van der Waals surface area contributed by atoms with E-state index in [9.17, 15) is 0 Å².